The van der Waals surface area contributed by atoms with Gasteiger partial charge in [0.15, 0.2) is 0 Å². The smallest absolute Gasteiger partial charge is 0.340 e. The van der Waals surface area contributed by atoms with E-state index in [0.29, 0.717) is 16.5 Å². The molecule has 0 atom stereocenters. The van der Waals surface area contributed by atoms with Gasteiger partial charge in [0.1, 0.15) is 23.1 Å². The number of aromatic nitrogens is 1. The normalized spacial score (nSPS) is 10.8. The van der Waals surface area contributed by atoms with Gasteiger partial charge in [0.05, 0.1) is 10.6 Å². The third kappa shape index (κ3) is 3.45. The van der Waals surface area contributed by atoms with Crippen LogP contribution in [0.15, 0.2) is 39.7 Å². The van der Waals surface area contributed by atoms with Crippen molar-refractivity contribution in [2.45, 2.75) is 13.5 Å². The molecule has 0 aliphatic rings. The van der Waals surface area contributed by atoms with Crippen LogP contribution in [0, 0.1) is 6.92 Å². The number of carbonyl (C=O) groups is 1. The molecule has 1 aromatic carbocycles. The third-order valence-electron chi connectivity index (χ3n) is 3.61. The summed E-state index contributed by atoms with van der Waals surface area (Å²) >= 11 is 11.5. The second kappa shape index (κ2) is 6.74. The minimum Gasteiger partial charge on any atom is -0.508 e. The summed E-state index contributed by atoms with van der Waals surface area (Å²) in [7, 11) is 0. The Morgan fingerprint density at radius 3 is 2.80 bits per heavy atom. The van der Waals surface area contributed by atoms with Crippen LogP contribution < -0.4 is 5.63 Å². The van der Waals surface area contributed by atoms with Crippen LogP contribution in [-0.4, -0.2) is 16.1 Å². The minimum atomic E-state index is -0.664. The highest BCUT2D eigenvalue weighted by molar-refractivity contribution is 6.41. The molecule has 25 heavy (non-hydrogen) atoms. The molecule has 0 saturated carbocycles. The summed E-state index contributed by atoms with van der Waals surface area (Å²) in [5.41, 5.74) is 0.654. The fraction of sp³-hybridized carbons (Fsp3) is 0.118. The summed E-state index contributed by atoms with van der Waals surface area (Å²) in [5.74, 6) is -0.658. The maximum absolute atomic E-state index is 12.1. The number of phenolic OH excluding ortho intramolecular Hbond substituents is 1. The van der Waals surface area contributed by atoms with Crippen LogP contribution in [0.5, 0.6) is 5.75 Å². The second-order valence-electron chi connectivity index (χ2n) is 5.25. The number of esters is 1. The molecule has 2 heterocycles. The Bertz CT molecular complexity index is 1050. The van der Waals surface area contributed by atoms with E-state index in [-0.39, 0.29) is 33.7 Å². The van der Waals surface area contributed by atoms with E-state index in [2.05, 4.69) is 4.98 Å². The number of hydrogen-bond donors (Lipinski definition) is 1. The van der Waals surface area contributed by atoms with Crippen molar-refractivity contribution in [3.8, 4) is 5.75 Å². The summed E-state index contributed by atoms with van der Waals surface area (Å²) in [5, 5.41) is 10.5. The summed E-state index contributed by atoms with van der Waals surface area (Å²) in [6.07, 6.45) is 1.25. The van der Waals surface area contributed by atoms with E-state index < -0.39 is 11.6 Å². The summed E-state index contributed by atoms with van der Waals surface area (Å²) in [6, 6.07) is 5.65. The summed E-state index contributed by atoms with van der Waals surface area (Å²) < 4.78 is 10.4. The fourth-order valence-electron chi connectivity index (χ4n) is 2.29. The number of fused-ring (bicyclic) bond motifs is 1. The highest BCUT2D eigenvalue weighted by Crippen LogP contribution is 2.28. The lowest BCUT2D eigenvalue weighted by atomic mass is 10.1. The number of phenols is 1. The summed E-state index contributed by atoms with van der Waals surface area (Å²) in [6.45, 7) is 1.46. The number of nitrogens with zero attached hydrogens (tertiary/aromatic N) is 1. The quantitative estimate of drug-likeness (QED) is 0.422. The topological polar surface area (TPSA) is 89.6 Å². The lowest BCUT2D eigenvalue weighted by Gasteiger charge is -2.09. The van der Waals surface area contributed by atoms with Gasteiger partial charge in [-0.05, 0) is 25.1 Å². The number of hydrogen-bond acceptors (Lipinski definition) is 6. The van der Waals surface area contributed by atoms with Crippen molar-refractivity contribution in [3.63, 3.8) is 0 Å². The van der Waals surface area contributed by atoms with Crippen LogP contribution in [0.4, 0.5) is 0 Å². The molecule has 0 saturated heterocycles. The van der Waals surface area contributed by atoms with Gasteiger partial charge in [-0.1, -0.05) is 23.2 Å². The van der Waals surface area contributed by atoms with Gasteiger partial charge in [0, 0.05) is 28.8 Å². The van der Waals surface area contributed by atoms with E-state index in [1.165, 1.54) is 24.4 Å². The molecular formula is C17H11Cl2NO5. The zero-order chi connectivity index (χ0) is 18.1. The number of aryl methyl sites for hydroxylation is 1. The standard InChI is InChI=1S/C17H11Cl2NO5/c1-8-13(21)3-2-11-10(5-14(22)25-15(8)11)7-24-17(23)9-4-12(18)16(19)20-6-9/h2-6,21H,7H2,1H3. The molecule has 0 aliphatic heterocycles. The van der Waals surface area contributed by atoms with Gasteiger partial charge in [-0.25, -0.2) is 14.6 Å². The molecule has 0 aliphatic carbocycles. The Hall–Kier alpha value is -2.57. The Morgan fingerprint density at radius 1 is 1.32 bits per heavy atom. The number of pyridine rings is 1. The zero-order valence-corrected chi connectivity index (χ0v) is 14.4. The first kappa shape index (κ1) is 17.3. The first-order valence-corrected chi connectivity index (χ1v) is 7.86. The average molecular weight is 380 g/mol. The third-order valence-corrected chi connectivity index (χ3v) is 4.29. The monoisotopic (exact) mass is 379 g/mol. The van der Waals surface area contributed by atoms with E-state index in [0.717, 1.165) is 0 Å². The minimum absolute atomic E-state index is 0.00618. The van der Waals surface area contributed by atoms with Crippen LogP contribution in [0.1, 0.15) is 21.5 Å². The lowest BCUT2D eigenvalue weighted by molar-refractivity contribution is 0.0473. The maximum atomic E-state index is 12.1. The number of benzene rings is 1. The fourth-order valence-corrected chi connectivity index (χ4v) is 2.56. The predicted molar refractivity (Wildman–Crippen MR) is 92.3 cm³/mol. The average Bonchev–Trinajstić information content (AvgIpc) is 2.58. The van der Waals surface area contributed by atoms with Crippen LogP contribution in [0.3, 0.4) is 0 Å². The Morgan fingerprint density at radius 2 is 2.08 bits per heavy atom. The van der Waals surface area contributed by atoms with E-state index in [9.17, 15) is 14.7 Å². The van der Waals surface area contributed by atoms with Gasteiger partial charge >= 0.3 is 11.6 Å². The Kier molecular flexibility index (Phi) is 4.65. The van der Waals surface area contributed by atoms with Gasteiger partial charge in [-0.2, -0.15) is 0 Å². The SMILES string of the molecule is Cc1c(O)ccc2c(COC(=O)c3cnc(Cl)c(Cl)c3)cc(=O)oc12. The Balaban J connectivity index is 1.90. The highest BCUT2D eigenvalue weighted by atomic mass is 35.5. The lowest BCUT2D eigenvalue weighted by Crippen LogP contribution is -2.08. The molecule has 3 aromatic rings. The molecule has 0 fully saturated rings. The van der Waals surface area contributed by atoms with Crippen LogP contribution in [0.25, 0.3) is 11.0 Å². The van der Waals surface area contributed by atoms with Crippen molar-refractivity contribution in [3.05, 3.63) is 67.7 Å². The first-order valence-electron chi connectivity index (χ1n) is 7.10. The van der Waals surface area contributed by atoms with Crippen molar-refractivity contribution in [2.75, 3.05) is 0 Å². The van der Waals surface area contributed by atoms with Gasteiger partial charge in [-0.3, -0.25) is 0 Å². The number of aromatic hydroxyl groups is 1. The molecule has 128 valence electrons. The van der Waals surface area contributed by atoms with Crippen molar-refractivity contribution < 1.29 is 19.1 Å². The second-order valence-corrected chi connectivity index (χ2v) is 6.02. The molecule has 8 heteroatoms. The summed E-state index contributed by atoms with van der Waals surface area (Å²) in [4.78, 5) is 27.6. The predicted octanol–water partition coefficient (Wildman–Crippen LogP) is 3.87. The van der Waals surface area contributed by atoms with Crippen molar-refractivity contribution in [1.82, 2.24) is 4.98 Å². The van der Waals surface area contributed by atoms with Gasteiger partial charge in [0.25, 0.3) is 0 Å². The molecule has 2 aromatic heterocycles. The molecule has 0 unspecified atom stereocenters. The van der Waals surface area contributed by atoms with Crippen LogP contribution in [0.2, 0.25) is 10.2 Å². The molecular weight excluding hydrogens is 369 g/mol. The zero-order valence-electron chi connectivity index (χ0n) is 12.9. The number of carbonyl (C=O) groups excluding carboxylic acids is 1. The van der Waals surface area contributed by atoms with Gasteiger partial charge in [-0.15, -0.1) is 0 Å². The number of ether oxygens (including phenoxy) is 1. The first-order chi connectivity index (χ1) is 11.9. The van der Waals surface area contributed by atoms with Crippen molar-refractivity contribution >= 4 is 40.1 Å². The van der Waals surface area contributed by atoms with Gasteiger partial charge in [0.2, 0.25) is 0 Å². The largest absolute Gasteiger partial charge is 0.508 e. The van der Waals surface area contributed by atoms with Crippen LogP contribution >= 0.6 is 23.2 Å². The van der Waals surface area contributed by atoms with Crippen molar-refractivity contribution in [2.24, 2.45) is 0 Å². The number of rotatable bonds is 3. The van der Waals surface area contributed by atoms with Crippen LogP contribution in [-0.2, 0) is 11.3 Å². The molecule has 0 spiro atoms. The van der Waals surface area contributed by atoms with Crippen molar-refractivity contribution in [1.29, 1.82) is 0 Å². The molecule has 6 nitrogen and oxygen atoms in total. The van der Waals surface area contributed by atoms with E-state index >= 15 is 0 Å². The maximum Gasteiger partial charge on any atom is 0.340 e. The molecule has 0 amide bonds. The molecule has 0 bridgehead atoms. The highest BCUT2D eigenvalue weighted by Gasteiger charge is 2.14. The Labute approximate surface area is 151 Å². The van der Waals surface area contributed by atoms with E-state index in [1.807, 2.05) is 0 Å². The number of halogens is 2. The van der Waals surface area contributed by atoms with Gasteiger partial charge < -0.3 is 14.3 Å². The molecule has 0 radical (unpaired) electrons. The van der Waals surface area contributed by atoms with E-state index in [4.69, 9.17) is 32.4 Å². The molecule has 3 rings (SSSR count). The molecule has 1 N–H and O–H groups in total. The van der Waals surface area contributed by atoms with E-state index in [1.54, 1.807) is 13.0 Å².